The van der Waals surface area contributed by atoms with Crippen LogP contribution in [0.5, 0.6) is 0 Å². The van der Waals surface area contributed by atoms with Crippen LogP contribution in [-0.4, -0.2) is 37.6 Å². The van der Waals surface area contributed by atoms with Gasteiger partial charge in [-0.2, -0.15) is 0 Å². The first-order valence-corrected chi connectivity index (χ1v) is 9.48. The number of nitrogens with one attached hydrogen (secondary N) is 2. The molecular weight excluding hydrogens is 419 g/mol. The van der Waals surface area contributed by atoms with Crippen molar-refractivity contribution in [3.05, 3.63) is 63.2 Å². The van der Waals surface area contributed by atoms with Crippen LogP contribution in [0.4, 0.5) is 5.82 Å². The normalized spacial score (nSPS) is 8.86. The van der Waals surface area contributed by atoms with E-state index in [-0.39, 0.29) is 0 Å². The number of rotatable bonds is 4. The molecule has 0 amide bonds. The van der Waals surface area contributed by atoms with E-state index in [0.717, 1.165) is 17.7 Å². The SMILES string of the molecule is C=O.C=O.CNCc1cccs1.CNc1ncnc(Cl)c1-c1ccc(Cl)cc1. The molecule has 0 fully saturated rings. The fraction of sp³-hybridized carbons (Fsp3) is 0.158. The lowest BCUT2D eigenvalue weighted by atomic mass is 10.1. The van der Waals surface area contributed by atoms with Gasteiger partial charge in [-0.15, -0.1) is 11.3 Å². The Morgan fingerprint density at radius 2 is 1.64 bits per heavy atom. The number of benzene rings is 1. The highest BCUT2D eigenvalue weighted by atomic mass is 35.5. The van der Waals surface area contributed by atoms with E-state index < -0.39 is 0 Å². The summed E-state index contributed by atoms with van der Waals surface area (Å²) < 4.78 is 0. The van der Waals surface area contributed by atoms with Crippen LogP contribution in [0.25, 0.3) is 11.1 Å². The number of nitrogens with zero attached hydrogens (tertiary/aromatic N) is 2. The number of aromatic nitrogens is 2. The molecule has 0 atom stereocenters. The van der Waals surface area contributed by atoms with Crippen molar-refractivity contribution in [3.8, 4) is 11.1 Å². The number of hydrogen-bond acceptors (Lipinski definition) is 7. The van der Waals surface area contributed by atoms with Crippen LogP contribution in [0.1, 0.15) is 4.88 Å². The molecule has 0 radical (unpaired) electrons. The molecule has 1 aromatic carbocycles. The maximum Gasteiger partial charge on any atom is 0.142 e. The predicted molar refractivity (Wildman–Crippen MR) is 118 cm³/mol. The van der Waals surface area contributed by atoms with Crippen LogP contribution in [0.3, 0.4) is 0 Å². The first kappa shape index (κ1) is 25.7. The van der Waals surface area contributed by atoms with Gasteiger partial charge in [-0.25, -0.2) is 9.97 Å². The van der Waals surface area contributed by atoms with Gasteiger partial charge in [0.2, 0.25) is 0 Å². The molecular formula is C19H22Cl2N4O2S. The van der Waals surface area contributed by atoms with Gasteiger partial charge in [-0.05, 0) is 36.2 Å². The molecule has 0 aliphatic rings. The van der Waals surface area contributed by atoms with Gasteiger partial charge in [0, 0.05) is 23.5 Å². The largest absolute Gasteiger partial charge is 0.372 e. The van der Waals surface area contributed by atoms with E-state index in [1.54, 1.807) is 30.5 Å². The smallest absolute Gasteiger partial charge is 0.142 e. The van der Waals surface area contributed by atoms with Crippen molar-refractivity contribution in [3.63, 3.8) is 0 Å². The second-order valence-electron chi connectivity index (χ2n) is 4.75. The predicted octanol–water partition coefficient (Wildman–Crippen LogP) is 4.59. The van der Waals surface area contributed by atoms with Gasteiger partial charge in [-0.1, -0.05) is 41.4 Å². The summed E-state index contributed by atoms with van der Waals surface area (Å²) in [7, 11) is 3.75. The van der Waals surface area contributed by atoms with Gasteiger partial charge >= 0.3 is 0 Å². The number of hydrogen-bond donors (Lipinski definition) is 2. The van der Waals surface area contributed by atoms with Gasteiger partial charge < -0.3 is 20.2 Å². The minimum absolute atomic E-state index is 0.418. The molecule has 6 nitrogen and oxygen atoms in total. The third kappa shape index (κ3) is 8.58. The molecule has 0 saturated heterocycles. The van der Waals surface area contributed by atoms with Crippen LogP contribution >= 0.6 is 34.5 Å². The Bertz CT molecular complexity index is 785. The van der Waals surface area contributed by atoms with Crippen LogP contribution < -0.4 is 10.6 Å². The zero-order valence-electron chi connectivity index (χ0n) is 15.6. The lowest BCUT2D eigenvalue weighted by molar-refractivity contribution is -0.0987. The molecule has 28 heavy (non-hydrogen) atoms. The van der Waals surface area contributed by atoms with Crippen molar-refractivity contribution in [2.24, 2.45) is 0 Å². The third-order valence-corrected chi connectivity index (χ3v) is 4.52. The summed E-state index contributed by atoms with van der Waals surface area (Å²) in [5.41, 5.74) is 1.71. The van der Waals surface area contributed by atoms with Crippen molar-refractivity contribution in [1.82, 2.24) is 15.3 Å². The molecule has 0 saturated carbocycles. The molecule has 0 spiro atoms. The summed E-state index contributed by atoms with van der Waals surface area (Å²) in [5, 5.41) is 9.25. The summed E-state index contributed by atoms with van der Waals surface area (Å²) in [6.45, 7) is 5.00. The fourth-order valence-corrected chi connectivity index (χ4v) is 3.10. The molecule has 150 valence electrons. The average Bonchev–Trinajstić information content (AvgIpc) is 3.26. The third-order valence-electron chi connectivity index (χ3n) is 3.10. The second-order valence-corrected chi connectivity index (χ2v) is 6.58. The van der Waals surface area contributed by atoms with Gasteiger partial charge in [0.05, 0.1) is 5.56 Å². The topological polar surface area (TPSA) is 84.0 Å². The molecule has 0 aliphatic heterocycles. The van der Waals surface area contributed by atoms with Crippen molar-refractivity contribution in [2.75, 3.05) is 19.4 Å². The monoisotopic (exact) mass is 440 g/mol. The highest BCUT2D eigenvalue weighted by molar-refractivity contribution is 7.09. The molecule has 0 unspecified atom stereocenters. The Morgan fingerprint density at radius 3 is 2.14 bits per heavy atom. The molecule has 9 heteroatoms. The Labute approximate surface area is 178 Å². The number of anilines is 1. The second kappa shape index (κ2) is 15.7. The highest BCUT2D eigenvalue weighted by Crippen LogP contribution is 2.32. The van der Waals surface area contributed by atoms with E-state index in [1.807, 2.05) is 32.8 Å². The summed E-state index contributed by atoms with van der Waals surface area (Å²) in [4.78, 5) is 25.5. The Balaban J connectivity index is 0.000000511. The molecule has 2 heterocycles. The first-order chi connectivity index (χ1) is 13.7. The molecule has 2 N–H and O–H groups in total. The first-order valence-electron chi connectivity index (χ1n) is 7.84. The molecule has 2 aromatic heterocycles. The Kier molecular flexibility index (Phi) is 14.4. The van der Waals surface area contributed by atoms with E-state index in [4.69, 9.17) is 32.8 Å². The minimum atomic E-state index is 0.418. The standard InChI is InChI=1S/C11H9Cl2N3.C6H9NS.2CH2O/c1-14-11-9(10(13)15-6-16-11)7-2-4-8(12)5-3-7;1-7-5-6-3-2-4-8-6;2*1-2/h2-6H,1H3,(H,14,15,16);2-4,7H,5H2,1H3;2*1H2. The summed E-state index contributed by atoms with van der Waals surface area (Å²) in [6.07, 6.45) is 1.42. The Morgan fingerprint density at radius 1 is 1.00 bits per heavy atom. The molecule has 0 bridgehead atoms. The molecule has 3 rings (SSSR count). The summed E-state index contributed by atoms with van der Waals surface area (Å²) in [6, 6.07) is 11.6. The number of halogens is 2. The van der Waals surface area contributed by atoms with Crippen molar-refractivity contribution in [1.29, 1.82) is 0 Å². The molecule has 3 aromatic rings. The maximum absolute atomic E-state index is 8.00. The fourth-order valence-electron chi connectivity index (χ4n) is 2.01. The van der Waals surface area contributed by atoms with Crippen molar-refractivity contribution >= 4 is 53.9 Å². The lowest BCUT2D eigenvalue weighted by Crippen LogP contribution is -2.02. The number of carbonyl (C=O) groups is 2. The average molecular weight is 441 g/mol. The maximum atomic E-state index is 8.00. The van der Waals surface area contributed by atoms with Crippen LogP contribution in [-0.2, 0) is 16.1 Å². The molecule has 0 aliphatic carbocycles. The van der Waals surface area contributed by atoms with E-state index in [0.29, 0.717) is 16.0 Å². The van der Waals surface area contributed by atoms with E-state index in [1.165, 1.54) is 11.2 Å². The van der Waals surface area contributed by atoms with Crippen molar-refractivity contribution < 1.29 is 9.59 Å². The van der Waals surface area contributed by atoms with Crippen molar-refractivity contribution in [2.45, 2.75) is 6.54 Å². The quantitative estimate of drug-likeness (QED) is 0.577. The van der Waals surface area contributed by atoms with Gasteiger partial charge in [-0.3, -0.25) is 0 Å². The lowest BCUT2D eigenvalue weighted by Gasteiger charge is -2.09. The van der Waals surface area contributed by atoms with Gasteiger partial charge in [0.15, 0.2) is 0 Å². The number of carbonyl (C=O) groups excluding carboxylic acids is 2. The Hall–Kier alpha value is -2.32. The van der Waals surface area contributed by atoms with E-state index in [9.17, 15) is 0 Å². The zero-order chi connectivity index (χ0) is 21.4. The van der Waals surface area contributed by atoms with Crippen LogP contribution in [0.2, 0.25) is 10.2 Å². The summed E-state index contributed by atoms with van der Waals surface area (Å²) >= 11 is 13.7. The number of thiophene rings is 1. The van der Waals surface area contributed by atoms with Crippen LogP contribution in [0, 0.1) is 0 Å². The summed E-state index contributed by atoms with van der Waals surface area (Å²) in [5.74, 6) is 0.697. The van der Waals surface area contributed by atoms with Gasteiger partial charge in [0.25, 0.3) is 0 Å². The van der Waals surface area contributed by atoms with E-state index >= 15 is 0 Å². The van der Waals surface area contributed by atoms with Gasteiger partial charge in [0.1, 0.15) is 30.9 Å². The highest BCUT2D eigenvalue weighted by Gasteiger charge is 2.10. The minimum Gasteiger partial charge on any atom is -0.372 e. The van der Waals surface area contributed by atoms with E-state index in [2.05, 4.69) is 38.1 Å². The zero-order valence-corrected chi connectivity index (χ0v) is 17.9. The van der Waals surface area contributed by atoms with Crippen LogP contribution in [0.15, 0.2) is 48.1 Å².